The highest BCUT2D eigenvalue weighted by Gasteiger charge is 2.19. The molecule has 0 unspecified atom stereocenters. The molecule has 0 atom stereocenters. The van der Waals surface area contributed by atoms with Crippen LogP contribution in [0.2, 0.25) is 0 Å². The fraction of sp³-hybridized carbons (Fsp3) is 0.667. The van der Waals surface area contributed by atoms with Crippen molar-refractivity contribution in [2.45, 2.75) is 51.6 Å². The molecule has 2 rings (SSSR count). The van der Waals surface area contributed by atoms with Gasteiger partial charge in [0.25, 0.3) is 5.56 Å². The van der Waals surface area contributed by atoms with E-state index < -0.39 is 0 Å². The molecule has 0 spiro atoms. The summed E-state index contributed by atoms with van der Waals surface area (Å²) in [5.41, 5.74) is 0.787. The third kappa shape index (κ3) is 2.89. The Bertz CT molecular complexity index is 440. The smallest absolute Gasteiger partial charge is 0.283 e. The topological polar surface area (TPSA) is 46.9 Å². The van der Waals surface area contributed by atoms with Crippen LogP contribution in [-0.4, -0.2) is 15.8 Å². The Hall–Kier alpha value is -0.840. The third-order valence-electron chi connectivity index (χ3n) is 3.17. The zero-order valence-corrected chi connectivity index (χ0v) is 11.7. The van der Waals surface area contributed by atoms with E-state index in [-0.39, 0.29) is 5.56 Å². The first-order chi connectivity index (χ1) is 8.22. The Labute approximate surface area is 110 Å². The molecule has 94 valence electrons. The van der Waals surface area contributed by atoms with Crippen LogP contribution in [0, 0.1) is 0 Å². The van der Waals surface area contributed by atoms with E-state index in [9.17, 15) is 4.79 Å². The van der Waals surface area contributed by atoms with Gasteiger partial charge in [-0.3, -0.25) is 4.79 Å². The van der Waals surface area contributed by atoms with E-state index in [0.717, 1.165) is 18.5 Å². The number of unbranched alkanes of at least 4 members (excludes halogenated alkanes) is 1. The number of nitrogens with one attached hydrogen (secondary N) is 1. The van der Waals surface area contributed by atoms with E-state index in [1.54, 1.807) is 6.20 Å². The Balaban J connectivity index is 2.13. The molecule has 0 aromatic carbocycles. The molecule has 1 saturated carbocycles. The number of aromatic nitrogens is 2. The van der Waals surface area contributed by atoms with Gasteiger partial charge in [-0.15, -0.1) is 0 Å². The van der Waals surface area contributed by atoms with Crippen molar-refractivity contribution in [3.8, 4) is 0 Å². The average Bonchev–Trinajstić information content (AvgIpc) is 2.27. The second-order valence-corrected chi connectivity index (χ2v) is 5.32. The van der Waals surface area contributed by atoms with Crippen molar-refractivity contribution in [3.05, 3.63) is 21.0 Å². The molecule has 1 aromatic heterocycles. The lowest BCUT2D eigenvalue weighted by atomic mass is 9.93. The molecule has 4 nitrogen and oxygen atoms in total. The summed E-state index contributed by atoms with van der Waals surface area (Å²) in [7, 11) is 0. The number of anilines is 1. The number of hydrogen-bond acceptors (Lipinski definition) is 3. The van der Waals surface area contributed by atoms with Gasteiger partial charge in [-0.2, -0.15) is 5.10 Å². The number of nitrogens with zero attached hydrogens (tertiary/aromatic N) is 2. The predicted molar refractivity (Wildman–Crippen MR) is 72.4 cm³/mol. The summed E-state index contributed by atoms with van der Waals surface area (Å²) < 4.78 is 2.13. The fourth-order valence-electron chi connectivity index (χ4n) is 1.81. The molecule has 1 aliphatic rings. The molecule has 1 N–H and O–H groups in total. The van der Waals surface area contributed by atoms with Crippen LogP contribution >= 0.6 is 15.9 Å². The first-order valence-electron chi connectivity index (χ1n) is 6.24. The van der Waals surface area contributed by atoms with E-state index >= 15 is 0 Å². The Morgan fingerprint density at radius 3 is 2.94 bits per heavy atom. The summed E-state index contributed by atoms with van der Waals surface area (Å²) in [6.07, 6.45) is 7.44. The minimum Gasteiger partial charge on any atom is -0.380 e. The Morgan fingerprint density at radius 2 is 2.35 bits per heavy atom. The van der Waals surface area contributed by atoms with E-state index in [1.807, 2.05) is 0 Å². The van der Waals surface area contributed by atoms with Crippen LogP contribution in [0.3, 0.4) is 0 Å². The number of hydrogen-bond donors (Lipinski definition) is 1. The highest BCUT2D eigenvalue weighted by atomic mass is 79.9. The van der Waals surface area contributed by atoms with Gasteiger partial charge in [-0.05, 0) is 41.6 Å². The van der Waals surface area contributed by atoms with Gasteiger partial charge < -0.3 is 5.32 Å². The van der Waals surface area contributed by atoms with Gasteiger partial charge >= 0.3 is 0 Å². The largest absolute Gasteiger partial charge is 0.380 e. The van der Waals surface area contributed by atoms with Crippen LogP contribution in [0.15, 0.2) is 15.5 Å². The van der Waals surface area contributed by atoms with Crippen LogP contribution < -0.4 is 10.9 Å². The van der Waals surface area contributed by atoms with Gasteiger partial charge in [0.05, 0.1) is 11.9 Å². The molecule has 0 aliphatic heterocycles. The molecule has 1 aliphatic carbocycles. The number of aryl methyl sites for hydroxylation is 1. The van der Waals surface area contributed by atoms with Gasteiger partial charge in [0, 0.05) is 12.6 Å². The summed E-state index contributed by atoms with van der Waals surface area (Å²) >= 11 is 3.37. The minimum absolute atomic E-state index is 0.0391. The number of rotatable bonds is 5. The van der Waals surface area contributed by atoms with Gasteiger partial charge in [0.1, 0.15) is 4.47 Å². The summed E-state index contributed by atoms with van der Waals surface area (Å²) in [6.45, 7) is 2.80. The highest BCUT2D eigenvalue weighted by molar-refractivity contribution is 9.10. The molecule has 1 fully saturated rings. The minimum atomic E-state index is -0.0391. The van der Waals surface area contributed by atoms with E-state index in [0.29, 0.717) is 17.1 Å². The van der Waals surface area contributed by atoms with Gasteiger partial charge in [-0.25, -0.2) is 4.68 Å². The second-order valence-electron chi connectivity index (χ2n) is 4.53. The molecule has 5 heteroatoms. The SMILES string of the molecule is CCCCn1ncc(NC2CCC2)c(Br)c1=O. The Morgan fingerprint density at radius 1 is 1.59 bits per heavy atom. The lowest BCUT2D eigenvalue weighted by Crippen LogP contribution is -2.30. The standard InChI is InChI=1S/C12H18BrN3O/c1-2-3-7-16-12(17)11(13)10(8-14-16)15-9-5-4-6-9/h8-9,15H,2-7H2,1H3. The predicted octanol–water partition coefficient (Wildman–Crippen LogP) is 2.77. The fourth-order valence-corrected chi connectivity index (χ4v) is 2.23. The van der Waals surface area contributed by atoms with Crippen molar-refractivity contribution < 1.29 is 0 Å². The zero-order valence-electron chi connectivity index (χ0n) is 10.1. The van der Waals surface area contributed by atoms with E-state index in [1.165, 1.54) is 23.9 Å². The molecule has 1 aromatic rings. The van der Waals surface area contributed by atoms with Crippen molar-refractivity contribution in [3.63, 3.8) is 0 Å². The van der Waals surface area contributed by atoms with Crippen molar-refractivity contribution >= 4 is 21.6 Å². The van der Waals surface area contributed by atoms with Crippen LogP contribution in [0.4, 0.5) is 5.69 Å². The van der Waals surface area contributed by atoms with Crippen LogP contribution in [-0.2, 0) is 6.54 Å². The summed E-state index contributed by atoms with van der Waals surface area (Å²) in [6, 6.07) is 0.513. The van der Waals surface area contributed by atoms with Gasteiger partial charge in [-0.1, -0.05) is 13.3 Å². The van der Waals surface area contributed by atoms with Crippen molar-refractivity contribution in [2.75, 3.05) is 5.32 Å². The van der Waals surface area contributed by atoms with E-state index in [4.69, 9.17) is 0 Å². The van der Waals surface area contributed by atoms with Crippen molar-refractivity contribution in [1.29, 1.82) is 0 Å². The van der Waals surface area contributed by atoms with Crippen LogP contribution in [0.5, 0.6) is 0 Å². The molecule has 1 heterocycles. The van der Waals surface area contributed by atoms with Crippen LogP contribution in [0.1, 0.15) is 39.0 Å². The maximum atomic E-state index is 12.0. The molecule has 0 amide bonds. The maximum Gasteiger partial charge on any atom is 0.283 e. The van der Waals surface area contributed by atoms with Gasteiger partial charge in [0.15, 0.2) is 0 Å². The van der Waals surface area contributed by atoms with Gasteiger partial charge in [0.2, 0.25) is 0 Å². The average molecular weight is 300 g/mol. The maximum absolute atomic E-state index is 12.0. The number of halogens is 1. The van der Waals surface area contributed by atoms with E-state index in [2.05, 4.69) is 33.3 Å². The molecule has 0 radical (unpaired) electrons. The van der Waals surface area contributed by atoms with Crippen molar-refractivity contribution in [2.24, 2.45) is 0 Å². The van der Waals surface area contributed by atoms with Crippen LogP contribution in [0.25, 0.3) is 0 Å². The van der Waals surface area contributed by atoms with Crippen molar-refractivity contribution in [1.82, 2.24) is 9.78 Å². The summed E-state index contributed by atoms with van der Waals surface area (Å²) in [5.74, 6) is 0. The Kier molecular flexibility index (Phi) is 4.20. The quantitative estimate of drug-likeness (QED) is 0.909. The zero-order chi connectivity index (χ0) is 12.3. The monoisotopic (exact) mass is 299 g/mol. The summed E-state index contributed by atoms with van der Waals surface area (Å²) in [5, 5.41) is 7.55. The molecule has 0 bridgehead atoms. The first-order valence-corrected chi connectivity index (χ1v) is 7.04. The second kappa shape index (κ2) is 5.67. The molecule has 0 saturated heterocycles. The lowest BCUT2D eigenvalue weighted by Gasteiger charge is -2.27. The lowest BCUT2D eigenvalue weighted by molar-refractivity contribution is 0.444. The normalized spacial score (nSPS) is 15.6. The summed E-state index contributed by atoms with van der Waals surface area (Å²) in [4.78, 5) is 12.0. The first kappa shape index (κ1) is 12.6. The molecular weight excluding hydrogens is 282 g/mol. The highest BCUT2D eigenvalue weighted by Crippen LogP contribution is 2.25. The molecular formula is C12H18BrN3O. The molecule has 17 heavy (non-hydrogen) atoms. The third-order valence-corrected chi connectivity index (χ3v) is 3.94.